The van der Waals surface area contributed by atoms with Crippen molar-refractivity contribution in [1.29, 1.82) is 0 Å². The second kappa shape index (κ2) is 5.58. The van der Waals surface area contributed by atoms with Gasteiger partial charge in [0.05, 0.1) is 5.92 Å². The van der Waals surface area contributed by atoms with E-state index in [9.17, 15) is 4.79 Å². The fourth-order valence-corrected chi connectivity index (χ4v) is 1.53. The largest absolute Gasteiger partial charge is 0.481 e. The minimum Gasteiger partial charge on any atom is -0.481 e. The summed E-state index contributed by atoms with van der Waals surface area (Å²) in [5.74, 6) is -0.840. The lowest BCUT2D eigenvalue weighted by atomic mass is 9.99. The Hall–Kier alpha value is -0.0500. The number of alkyl halides is 1. The molecule has 0 saturated carbocycles. The van der Waals surface area contributed by atoms with Gasteiger partial charge in [-0.2, -0.15) is 0 Å². The highest BCUT2D eigenvalue weighted by molar-refractivity contribution is 9.09. The molecule has 0 aliphatic rings. The van der Waals surface area contributed by atoms with Crippen LogP contribution in [0.25, 0.3) is 0 Å². The van der Waals surface area contributed by atoms with Crippen molar-refractivity contribution in [2.75, 3.05) is 0 Å². The normalized spacial score (nSPS) is 15.9. The Bertz CT molecular complexity index is 123. The summed E-state index contributed by atoms with van der Waals surface area (Å²) in [4.78, 5) is 10.9. The molecule has 0 aromatic rings. The van der Waals surface area contributed by atoms with Crippen LogP contribution in [0.1, 0.15) is 33.1 Å². The maximum absolute atomic E-state index is 10.6. The molecule has 0 aliphatic heterocycles. The second-order valence-corrected chi connectivity index (χ2v) is 4.40. The molecule has 2 unspecified atom stereocenters. The molecule has 0 aromatic heterocycles. The molecule has 66 valence electrons. The van der Waals surface area contributed by atoms with Gasteiger partial charge in [-0.1, -0.05) is 36.2 Å². The molecule has 1 N–H and O–H groups in total. The number of rotatable bonds is 5. The van der Waals surface area contributed by atoms with Crippen LogP contribution < -0.4 is 0 Å². The Labute approximate surface area is 76.1 Å². The molecule has 3 heteroatoms. The van der Waals surface area contributed by atoms with Gasteiger partial charge in [0, 0.05) is 4.83 Å². The maximum Gasteiger partial charge on any atom is 0.306 e. The standard InChI is InChI=1S/C8H15BrO2/c1-3-4-7(8(10)11)5-6(2)9/h6-7H,3-5H2,1-2H3,(H,10,11). The van der Waals surface area contributed by atoms with Gasteiger partial charge in [0.2, 0.25) is 0 Å². The summed E-state index contributed by atoms with van der Waals surface area (Å²) in [7, 11) is 0. The summed E-state index contributed by atoms with van der Waals surface area (Å²) in [6.07, 6.45) is 2.45. The van der Waals surface area contributed by atoms with Crippen LogP contribution in [0.2, 0.25) is 0 Å². The molecule has 0 spiro atoms. The summed E-state index contributed by atoms with van der Waals surface area (Å²) in [6, 6.07) is 0. The Kier molecular flexibility index (Phi) is 5.56. The Balaban J connectivity index is 3.79. The first-order chi connectivity index (χ1) is 5.07. The van der Waals surface area contributed by atoms with E-state index in [0.717, 1.165) is 19.3 Å². The fourth-order valence-electron chi connectivity index (χ4n) is 1.08. The zero-order valence-electron chi connectivity index (χ0n) is 7.01. The molecule has 0 radical (unpaired) electrons. The third kappa shape index (κ3) is 5.24. The van der Waals surface area contributed by atoms with Crippen LogP contribution in [0.15, 0.2) is 0 Å². The number of hydrogen-bond donors (Lipinski definition) is 1. The Morgan fingerprint density at radius 3 is 2.45 bits per heavy atom. The minimum absolute atomic E-state index is 0.172. The second-order valence-electron chi connectivity index (χ2n) is 2.84. The summed E-state index contributed by atoms with van der Waals surface area (Å²) < 4.78 is 0. The predicted molar refractivity (Wildman–Crippen MR) is 49.0 cm³/mol. The first-order valence-corrected chi connectivity index (χ1v) is 4.86. The molecule has 2 atom stereocenters. The van der Waals surface area contributed by atoms with Crippen molar-refractivity contribution in [1.82, 2.24) is 0 Å². The molecule has 0 aliphatic carbocycles. The van der Waals surface area contributed by atoms with Gasteiger partial charge in [-0.05, 0) is 12.8 Å². The number of carboxylic acids is 1. The average Bonchev–Trinajstić information content (AvgIpc) is 1.86. The van der Waals surface area contributed by atoms with Gasteiger partial charge in [-0.15, -0.1) is 0 Å². The molecule has 0 amide bonds. The minimum atomic E-state index is -0.668. The molecule has 0 rings (SSSR count). The van der Waals surface area contributed by atoms with Crippen molar-refractivity contribution in [2.45, 2.75) is 37.9 Å². The smallest absolute Gasteiger partial charge is 0.306 e. The van der Waals surface area contributed by atoms with Crippen LogP contribution in [-0.4, -0.2) is 15.9 Å². The first kappa shape index (κ1) is 11.0. The average molecular weight is 223 g/mol. The number of hydrogen-bond acceptors (Lipinski definition) is 1. The highest BCUT2D eigenvalue weighted by Gasteiger charge is 2.17. The lowest BCUT2D eigenvalue weighted by molar-refractivity contribution is -0.142. The fraction of sp³-hybridized carbons (Fsp3) is 0.875. The van der Waals surface area contributed by atoms with E-state index in [4.69, 9.17) is 5.11 Å². The van der Waals surface area contributed by atoms with Crippen molar-refractivity contribution in [3.05, 3.63) is 0 Å². The zero-order chi connectivity index (χ0) is 8.85. The van der Waals surface area contributed by atoms with Gasteiger partial charge in [0.15, 0.2) is 0 Å². The van der Waals surface area contributed by atoms with Gasteiger partial charge < -0.3 is 5.11 Å². The monoisotopic (exact) mass is 222 g/mol. The molecule has 0 saturated heterocycles. The summed E-state index contributed by atoms with van der Waals surface area (Å²) >= 11 is 3.35. The van der Waals surface area contributed by atoms with Crippen LogP contribution in [0, 0.1) is 5.92 Å². The van der Waals surface area contributed by atoms with Gasteiger partial charge in [0.1, 0.15) is 0 Å². The third-order valence-electron chi connectivity index (χ3n) is 1.60. The highest BCUT2D eigenvalue weighted by Crippen LogP contribution is 2.17. The lowest BCUT2D eigenvalue weighted by Gasteiger charge is -2.11. The van der Waals surface area contributed by atoms with Crippen LogP contribution in [0.5, 0.6) is 0 Å². The van der Waals surface area contributed by atoms with E-state index in [-0.39, 0.29) is 5.92 Å². The molecule has 2 nitrogen and oxygen atoms in total. The van der Waals surface area contributed by atoms with E-state index in [2.05, 4.69) is 15.9 Å². The van der Waals surface area contributed by atoms with E-state index in [1.165, 1.54) is 0 Å². The van der Waals surface area contributed by atoms with Crippen molar-refractivity contribution in [3.63, 3.8) is 0 Å². The number of aliphatic carboxylic acids is 1. The zero-order valence-corrected chi connectivity index (χ0v) is 8.60. The first-order valence-electron chi connectivity index (χ1n) is 3.94. The molecule has 0 fully saturated rings. The molecular weight excluding hydrogens is 208 g/mol. The topological polar surface area (TPSA) is 37.3 Å². The van der Waals surface area contributed by atoms with Crippen LogP contribution in [0.4, 0.5) is 0 Å². The summed E-state index contributed by atoms with van der Waals surface area (Å²) in [5.41, 5.74) is 0. The van der Waals surface area contributed by atoms with Gasteiger partial charge in [0.25, 0.3) is 0 Å². The van der Waals surface area contributed by atoms with Gasteiger partial charge in [-0.25, -0.2) is 0 Å². The van der Waals surface area contributed by atoms with Crippen molar-refractivity contribution < 1.29 is 9.90 Å². The third-order valence-corrected chi connectivity index (χ3v) is 1.97. The molecule has 0 heterocycles. The predicted octanol–water partition coefficient (Wildman–Crippen LogP) is 2.66. The van der Waals surface area contributed by atoms with E-state index in [0.29, 0.717) is 4.83 Å². The van der Waals surface area contributed by atoms with E-state index in [1.54, 1.807) is 0 Å². The lowest BCUT2D eigenvalue weighted by Crippen LogP contribution is -2.16. The Morgan fingerprint density at radius 2 is 2.18 bits per heavy atom. The number of carboxylic acid groups (broad SMARTS) is 1. The molecular formula is C8H15BrO2. The van der Waals surface area contributed by atoms with E-state index < -0.39 is 5.97 Å². The van der Waals surface area contributed by atoms with Crippen molar-refractivity contribution >= 4 is 21.9 Å². The van der Waals surface area contributed by atoms with Crippen LogP contribution in [0.3, 0.4) is 0 Å². The van der Waals surface area contributed by atoms with Crippen LogP contribution >= 0.6 is 15.9 Å². The SMILES string of the molecule is CCCC(CC(C)Br)C(=O)O. The van der Waals surface area contributed by atoms with Crippen molar-refractivity contribution in [3.8, 4) is 0 Å². The summed E-state index contributed by atoms with van der Waals surface area (Å²) in [5, 5.41) is 8.73. The molecule has 0 bridgehead atoms. The van der Waals surface area contributed by atoms with Gasteiger partial charge >= 0.3 is 5.97 Å². The Morgan fingerprint density at radius 1 is 1.64 bits per heavy atom. The van der Waals surface area contributed by atoms with Crippen molar-refractivity contribution in [2.24, 2.45) is 5.92 Å². The number of carbonyl (C=O) groups is 1. The van der Waals surface area contributed by atoms with Gasteiger partial charge in [-0.3, -0.25) is 4.79 Å². The molecule has 0 aromatic carbocycles. The maximum atomic E-state index is 10.6. The van der Waals surface area contributed by atoms with E-state index in [1.807, 2.05) is 13.8 Å². The summed E-state index contributed by atoms with van der Waals surface area (Å²) in [6.45, 7) is 3.99. The number of halogens is 1. The van der Waals surface area contributed by atoms with E-state index >= 15 is 0 Å². The highest BCUT2D eigenvalue weighted by atomic mass is 79.9. The molecule has 11 heavy (non-hydrogen) atoms. The van der Waals surface area contributed by atoms with Crippen LogP contribution in [-0.2, 0) is 4.79 Å². The quantitative estimate of drug-likeness (QED) is 0.727.